The Morgan fingerprint density at radius 1 is 1.53 bits per heavy atom. The van der Waals surface area contributed by atoms with Crippen LogP contribution in [0.15, 0.2) is 27.6 Å². The van der Waals surface area contributed by atoms with Gasteiger partial charge in [0, 0.05) is 16.7 Å². The first-order valence-corrected chi connectivity index (χ1v) is 5.36. The molecule has 15 heavy (non-hydrogen) atoms. The van der Waals surface area contributed by atoms with Crippen molar-refractivity contribution in [1.29, 1.82) is 0 Å². The number of halogens is 1. The van der Waals surface area contributed by atoms with Gasteiger partial charge in [-0.15, -0.1) is 0 Å². The molecule has 1 aliphatic rings. The lowest BCUT2D eigenvalue weighted by atomic mass is 10.2. The van der Waals surface area contributed by atoms with Gasteiger partial charge >= 0.3 is 5.97 Å². The highest BCUT2D eigenvalue weighted by Crippen LogP contribution is 2.43. The van der Waals surface area contributed by atoms with E-state index in [9.17, 15) is 9.59 Å². The second-order valence-electron chi connectivity index (χ2n) is 3.58. The van der Waals surface area contributed by atoms with E-state index < -0.39 is 5.54 Å². The summed E-state index contributed by atoms with van der Waals surface area (Å²) in [4.78, 5) is 23.2. The smallest absolute Gasteiger partial charge is 0.332 e. The second kappa shape index (κ2) is 3.48. The van der Waals surface area contributed by atoms with E-state index in [2.05, 4.69) is 15.9 Å². The first-order chi connectivity index (χ1) is 7.10. The zero-order valence-electron chi connectivity index (χ0n) is 8.20. The molecule has 0 saturated heterocycles. The summed E-state index contributed by atoms with van der Waals surface area (Å²) >= 11 is 3.28. The summed E-state index contributed by atoms with van der Waals surface area (Å²) in [6.45, 7) is 0. The molecule has 1 heterocycles. The SMILES string of the molecule is COC(=O)C1(n2cc(Br)ccc2=O)CC1. The van der Waals surface area contributed by atoms with Gasteiger partial charge in [-0.25, -0.2) is 4.79 Å². The highest BCUT2D eigenvalue weighted by Gasteiger charge is 2.53. The second-order valence-corrected chi connectivity index (χ2v) is 4.49. The molecule has 2 rings (SSSR count). The minimum Gasteiger partial charge on any atom is -0.467 e. The maximum atomic E-state index is 11.6. The number of hydrogen-bond acceptors (Lipinski definition) is 3. The fourth-order valence-electron chi connectivity index (χ4n) is 1.65. The molecule has 0 N–H and O–H groups in total. The van der Waals surface area contributed by atoms with Crippen molar-refractivity contribution < 1.29 is 9.53 Å². The molecule has 0 aliphatic heterocycles. The lowest BCUT2D eigenvalue weighted by Crippen LogP contribution is -2.36. The molecule has 80 valence electrons. The van der Waals surface area contributed by atoms with Crippen molar-refractivity contribution in [1.82, 2.24) is 4.57 Å². The van der Waals surface area contributed by atoms with Gasteiger partial charge in [0.2, 0.25) is 0 Å². The van der Waals surface area contributed by atoms with Gasteiger partial charge in [0.15, 0.2) is 0 Å². The van der Waals surface area contributed by atoms with Crippen LogP contribution < -0.4 is 5.56 Å². The Morgan fingerprint density at radius 3 is 2.73 bits per heavy atom. The number of pyridine rings is 1. The Balaban J connectivity index is 2.50. The topological polar surface area (TPSA) is 48.3 Å². The van der Waals surface area contributed by atoms with Gasteiger partial charge < -0.3 is 4.74 Å². The van der Waals surface area contributed by atoms with Crippen LogP contribution in [0.5, 0.6) is 0 Å². The first-order valence-electron chi connectivity index (χ1n) is 4.57. The van der Waals surface area contributed by atoms with Crippen molar-refractivity contribution in [3.05, 3.63) is 33.2 Å². The van der Waals surface area contributed by atoms with Crippen molar-refractivity contribution in [2.24, 2.45) is 0 Å². The van der Waals surface area contributed by atoms with Gasteiger partial charge in [0.1, 0.15) is 5.54 Å². The standard InChI is InChI=1S/C10H10BrNO3/c1-15-9(14)10(4-5-10)12-6-7(11)2-3-8(12)13/h2-3,6H,4-5H2,1H3. The normalized spacial score (nSPS) is 17.2. The number of carbonyl (C=O) groups excluding carboxylic acids is 1. The number of hydrogen-bond donors (Lipinski definition) is 0. The average molecular weight is 272 g/mol. The van der Waals surface area contributed by atoms with Gasteiger partial charge in [0.25, 0.3) is 5.56 Å². The monoisotopic (exact) mass is 271 g/mol. The van der Waals surface area contributed by atoms with E-state index in [1.807, 2.05) is 0 Å². The van der Waals surface area contributed by atoms with E-state index in [1.165, 1.54) is 17.7 Å². The number of nitrogens with zero attached hydrogens (tertiary/aromatic N) is 1. The van der Waals surface area contributed by atoms with Crippen LogP contribution >= 0.6 is 15.9 Å². The molecule has 1 fully saturated rings. The summed E-state index contributed by atoms with van der Waals surface area (Å²) in [6, 6.07) is 3.10. The van der Waals surface area contributed by atoms with Crippen LogP contribution in [0.1, 0.15) is 12.8 Å². The number of ether oxygens (including phenoxy) is 1. The summed E-state index contributed by atoms with van der Waals surface area (Å²) in [5, 5.41) is 0. The predicted octanol–water partition coefficient (Wildman–Crippen LogP) is 1.27. The third kappa shape index (κ3) is 1.61. The fourth-order valence-corrected chi connectivity index (χ4v) is 1.98. The van der Waals surface area contributed by atoms with E-state index in [0.717, 1.165) is 4.47 Å². The highest BCUT2D eigenvalue weighted by atomic mass is 79.9. The summed E-state index contributed by atoms with van der Waals surface area (Å²) < 4.78 is 6.94. The number of aromatic nitrogens is 1. The molecule has 0 unspecified atom stereocenters. The van der Waals surface area contributed by atoms with Gasteiger partial charge in [-0.2, -0.15) is 0 Å². The van der Waals surface area contributed by atoms with Gasteiger partial charge in [-0.05, 0) is 34.8 Å². The molecule has 0 amide bonds. The van der Waals surface area contributed by atoms with Crippen molar-refractivity contribution in [2.75, 3.05) is 7.11 Å². The Hall–Kier alpha value is -1.10. The van der Waals surface area contributed by atoms with Crippen LogP contribution in [0.3, 0.4) is 0 Å². The van der Waals surface area contributed by atoms with E-state index in [-0.39, 0.29) is 11.5 Å². The zero-order valence-corrected chi connectivity index (χ0v) is 9.78. The number of rotatable bonds is 2. The maximum Gasteiger partial charge on any atom is 0.332 e. The summed E-state index contributed by atoms with van der Waals surface area (Å²) in [6.07, 6.45) is 2.96. The third-order valence-electron chi connectivity index (χ3n) is 2.63. The first kappa shape index (κ1) is 10.4. The van der Waals surface area contributed by atoms with Crippen molar-refractivity contribution >= 4 is 21.9 Å². The summed E-state index contributed by atoms with van der Waals surface area (Å²) in [5.74, 6) is -0.345. The van der Waals surface area contributed by atoms with Crippen LogP contribution in [0.2, 0.25) is 0 Å². The quantitative estimate of drug-likeness (QED) is 0.762. The van der Waals surface area contributed by atoms with E-state index in [4.69, 9.17) is 4.74 Å². The molecule has 0 spiro atoms. The molecule has 0 bridgehead atoms. The molecule has 1 saturated carbocycles. The number of carbonyl (C=O) groups is 1. The molecule has 1 aromatic heterocycles. The molecular weight excluding hydrogens is 262 g/mol. The predicted molar refractivity (Wildman–Crippen MR) is 57.6 cm³/mol. The van der Waals surface area contributed by atoms with Crippen LogP contribution in [0.25, 0.3) is 0 Å². The van der Waals surface area contributed by atoms with Gasteiger partial charge in [-0.3, -0.25) is 9.36 Å². The molecular formula is C10H10BrNO3. The Bertz CT molecular complexity index is 462. The lowest BCUT2D eigenvalue weighted by molar-refractivity contribution is -0.146. The van der Waals surface area contributed by atoms with Crippen molar-refractivity contribution in [3.8, 4) is 0 Å². The Morgan fingerprint density at radius 2 is 2.20 bits per heavy atom. The van der Waals surface area contributed by atoms with Crippen LogP contribution in [-0.2, 0) is 15.1 Å². The van der Waals surface area contributed by atoms with E-state index >= 15 is 0 Å². The third-order valence-corrected chi connectivity index (χ3v) is 3.09. The van der Waals surface area contributed by atoms with Crippen molar-refractivity contribution in [3.63, 3.8) is 0 Å². The Labute approximate surface area is 95.0 Å². The van der Waals surface area contributed by atoms with E-state index in [0.29, 0.717) is 12.8 Å². The fraction of sp³-hybridized carbons (Fsp3) is 0.400. The molecule has 5 heteroatoms. The van der Waals surface area contributed by atoms with Crippen LogP contribution in [0.4, 0.5) is 0 Å². The van der Waals surface area contributed by atoms with Crippen LogP contribution in [-0.4, -0.2) is 17.6 Å². The Kier molecular flexibility index (Phi) is 2.42. The van der Waals surface area contributed by atoms with E-state index in [1.54, 1.807) is 12.3 Å². The van der Waals surface area contributed by atoms with Gasteiger partial charge in [0.05, 0.1) is 7.11 Å². The molecule has 1 aromatic rings. The molecule has 1 aliphatic carbocycles. The minimum atomic E-state index is -0.754. The van der Waals surface area contributed by atoms with Crippen molar-refractivity contribution in [2.45, 2.75) is 18.4 Å². The molecule has 0 atom stereocenters. The minimum absolute atomic E-state index is 0.180. The lowest BCUT2D eigenvalue weighted by Gasteiger charge is -2.15. The largest absolute Gasteiger partial charge is 0.467 e. The number of methoxy groups -OCH3 is 1. The van der Waals surface area contributed by atoms with Crippen LogP contribution in [0, 0.1) is 0 Å². The summed E-state index contributed by atoms with van der Waals surface area (Å²) in [7, 11) is 1.34. The molecule has 0 radical (unpaired) electrons. The average Bonchev–Trinajstić information content (AvgIpc) is 3.01. The van der Waals surface area contributed by atoms with Gasteiger partial charge in [-0.1, -0.05) is 0 Å². The molecule has 4 nitrogen and oxygen atoms in total. The summed E-state index contributed by atoms with van der Waals surface area (Å²) in [5.41, 5.74) is -0.934. The molecule has 0 aromatic carbocycles. The highest BCUT2D eigenvalue weighted by molar-refractivity contribution is 9.10. The zero-order chi connectivity index (χ0) is 11.1. The maximum absolute atomic E-state index is 11.6. The number of esters is 1.